The first-order valence-corrected chi connectivity index (χ1v) is 5.95. The quantitative estimate of drug-likeness (QED) is 0.707. The van der Waals surface area contributed by atoms with Crippen molar-refractivity contribution in [2.24, 2.45) is 5.92 Å². The monoisotopic (exact) mass is 218 g/mol. The van der Waals surface area contributed by atoms with Gasteiger partial charge in [-0.2, -0.15) is 0 Å². The summed E-state index contributed by atoms with van der Waals surface area (Å²) in [5.74, 6) is 1.68. The van der Waals surface area contributed by atoms with Crippen molar-refractivity contribution in [3.63, 3.8) is 0 Å². The first-order chi connectivity index (χ1) is 7.65. The van der Waals surface area contributed by atoms with Crippen molar-refractivity contribution in [1.29, 1.82) is 0 Å². The summed E-state index contributed by atoms with van der Waals surface area (Å²) in [7, 11) is 0. The van der Waals surface area contributed by atoms with Gasteiger partial charge in [0.15, 0.2) is 5.78 Å². The van der Waals surface area contributed by atoms with E-state index in [1.54, 1.807) is 0 Å². The first-order valence-electron chi connectivity index (χ1n) is 5.95. The number of ether oxygens (including phenoxy) is 1. The molecule has 0 N–H and O–H groups in total. The van der Waals surface area contributed by atoms with Crippen LogP contribution in [0.3, 0.4) is 0 Å². The number of Topliss-reactive ketones (excluding diaryl/α,β-unsaturated/α-hetero) is 1. The van der Waals surface area contributed by atoms with Crippen molar-refractivity contribution in [3.8, 4) is 5.75 Å². The van der Waals surface area contributed by atoms with Crippen LogP contribution in [0.2, 0.25) is 0 Å². The number of benzene rings is 1. The molecule has 0 aliphatic heterocycles. The summed E-state index contributed by atoms with van der Waals surface area (Å²) in [5, 5.41) is 0. The van der Waals surface area contributed by atoms with Gasteiger partial charge >= 0.3 is 0 Å². The van der Waals surface area contributed by atoms with Crippen LogP contribution >= 0.6 is 0 Å². The average Bonchev–Trinajstić information content (AvgIpc) is 3.01. The predicted octanol–water partition coefficient (Wildman–Crippen LogP) is 3.46. The molecule has 0 saturated heterocycles. The molecule has 0 amide bonds. The fourth-order valence-electron chi connectivity index (χ4n) is 1.72. The number of ketones is 1. The fourth-order valence-corrected chi connectivity index (χ4v) is 1.72. The topological polar surface area (TPSA) is 26.3 Å². The van der Waals surface area contributed by atoms with Crippen LogP contribution in [0.1, 0.15) is 43.5 Å². The molecule has 2 rings (SSSR count). The summed E-state index contributed by atoms with van der Waals surface area (Å²) < 4.78 is 5.57. The van der Waals surface area contributed by atoms with E-state index in [1.807, 2.05) is 38.1 Å². The average molecular weight is 218 g/mol. The van der Waals surface area contributed by atoms with Crippen LogP contribution < -0.4 is 4.74 Å². The molecule has 2 heteroatoms. The molecule has 1 aliphatic rings. The summed E-state index contributed by atoms with van der Waals surface area (Å²) >= 11 is 0. The number of rotatable bonds is 5. The highest BCUT2D eigenvalue weighted by molar-refractivity contribution is 5.96. The Morgan fingerprint density at radius 3 is 2.81 bits per heavy atom. The highest BCUT2D eigenvalue weighted by Crippen LogP contribution is 2.33. The van der Waals surface area contributed by atoms with Gasteiger partial charge in [0.05, 0.1) is 6.10 Å². The van der Waals surface area contributed by atoms with E-state index in [0.29, 0.717) is 12.3 Å². The molecule has 1 aliphatic carbocycles. The van der Waals surface area contributed by atoms with E-state index in [4.69, 9.17) is 4.74 Å². The van der Waals surface area contributed by atoms with Crippen molar-refractivity contribution in [3.05, 3.63) is 29.8 Å². The number of hydrogen-bond donors (Lipinski definition) is 0. The van der Waals surface area contributed by atoms with Crippen molar-refractivity contribution < 1.29 is 9.53 Å². The molecule has 86 valence electrons. The molecule has 1 fully saturated rings. The maximum atomic E-state index is 11.9. The first kappa shape index (κ1) is 11.2. The van der Waals surface area contributed by atoms with Crippen LogP contribution in [-0.2, 0) is 0 Å². The Hall–Kier alpha value is -1.31. The van der Waals surface area contributed by atoms with Crippen LogP contribution in [0, 0.1) is 5.92 Å². The Balaban J connectivity index is 2.04. The van der Waals surface area contributed by atoms with Crippen LogP contribution in [0.15, 0.2) is 24.3 Å². The third kappa shape index (κ3) is 3.09. The molecule has 1 saturated carbocycles. The van der Waals surface area contributed by atoms with Gasteiger partial charge in [0.1, 0.15) is 5.75 Å². The van der Waals surface area contributed by atoms with Gasteiger partial charge in [-0.3, -0.25) is 4.79 Å². The van der Waals surface area contributed by atoms with Crippen LogP contribution in [0.4, 0.5) is 0 Å². The van der Waals surface area contributed by atoms with E-state index < -0.39 is 0 Å². The zero-order valence-corrected chi connectivity index (χ0v) is 9.90. The second-order valence-electron chi connectivity index (χ2n) is 4.77. The Morgan fingerprint density at radius 2 is 2.19 bits per heavy atom. The Kier molecular flexibility index (Phi) is 3.28. The molecule has 0 radical (unpaired) electrons. The maximum absolute atomic E-state index is 11.9. The summed E-state index contributed by atoms with van der Waals surface area (Å²) in [6, 6.07) is 7.51. The van der Waals surface area contributed by atoms with Crippen molar-refractivity contribution in [2.75, 3.05) is 0 Å². The molecule has 0 aromatic heterocycles. The van der Waals surface area contributed by atoms with E-state index >= 15 is 0 Å². The van der Waals surface area contributed by atoms with Crippen molar-refractivity contribution in [2.45, 2.75) is 39.2 Å². The van der Waals surface area contributed by atoms with E-state index in [0.717, 1.165) is 11.3 Å². The van der Waals surface area contributed by atoms with Gasteiger partial charge < -0.3 is 4.74 Å². The zero-order chi connectivity index (χ0) is 11.5. The van der Waals surface area contributed by atoms with E-state index in [1.165, 1.54) is 12.8 Å². The minimum Gasteiger partial charge on any atom is -0.491 e. The van der Waals surface area contributed by atoms with Crippen LogP contribution in [-0.4, -0.2) is 11.9 Å². The largest absolute Gasteiger partial charge is 0.491 e. The van der Waals surface area contributed by atoms with Gasteiger partial charge in [0.25, 0.3) is 0 Å². The van der Waals surface area contributed by atoms with Gasteiger partial charge in [0.2, 0.25) is 0 Å². The SMILES string of the molecule is CC(C)Oc1cccc(C(=O)CC2CC2)c1. The molecule has 0 spiro atoms. The second-order valence-corrected chi connectivity index (χ2v) is 4.77. The number of carbonyl (C=O) groups excluding carboxylic acids is 1. The molecule has 0 atom stereocenters. The van der Waals surface area contributed by atoms with Crippen LogP contribution in [0.5, 0.6) is 5.75 Å². The van der Waals surface area contributed by atoms with Gasteiger partial charge in [-0.1, -0.05) is 12.1 Å². The molecule has 1 aromatic rings. The minimum atomic E-state index is 0.147. The van der Waals surface area contributed by atoms with E-state index in [9.17, 15) is 4.79 Å². The molecule has 0 bridgehead atoms. The highest BCUT2D eigenvalue weighted by atomic mass is 16.5. The fraction of sp³-hybridized carbons (Fsp3) is 0.500. The Morgan fingerprint density at radius 1 is 1.44 bits per heavy atom. The third-order valence-corrected chi connectivity index (χ3v) is 2.70. The van der Waals surface area contributed by atoms with Gasteiger partial charge in [0, 0.05) is 12.0 Å². The molecule has 1 aromatic carbocycles. The van der Waals surface area contributed by atoms with E-state index in [-0.39, 0.29) is 11.9 Å². The van der Waals surface area contributed by atoms with Gasteiger partial charge in [-0.25, -0.2) is 0 Å². The molecule has 16 heavy (non-hydrogen) atoms. The predicted molar refractivity (Wildman–Crippen MR) is 63.9 cm³/mol. The van der Waals surface area contributed by atoms with Crippen molar-refractivity contribution >= 4 is 5.78 Å². The van der Waals surface area contributed by atoms with E-state index in [2.05, 4.69) is 0 Å². The molecular formula is C14H18O2. The standard InChI is InChI=1S/C14H18O2/c1-10(2)16-13-5-3-4-12(9-13)14(15)8-11-6-7-11/h3-5,9-11H,6-8H2,1-2H3. The van der Waals surface area contributed by atoms with Crippen molar-refractivity contribution in [1.82, 2.24) is 0 Å². The lowest BCUT2D eigenvalue weighted by Gasteiger charge is -2.10. The zero-order valence-electron chi connectivity index (χ0n) is 9.90. The lowest BCUT2D eigenvalue weighted by atomic mass is 10.1. The smallest absolute Gasteiger partial charge is 0.163 e. The second kappa shape index (κ2) is 4.69. The number of carbonyl (C=O) groups is 1. The minimum absolute atomic E-state index is 0.147. The van der Waals surface area contributed by atoms with Gasteiger partial charge in [-0.05, 0) is 44.7 Å². The summed E-state index contributed by atoms with van der Waals surface area (Å²) in [6.07, 6.45) is 3.28. The molecular weight excluding hydrogens is 200 g/mol. The lowest BCUT2D eigenvalue weighted by Crippen LogP contribution is -2.06. The lowest BCUT2D eigenvalue weighted by molar-refractivity contribution is 0.0975. The van der Waals surface area contributed by atoms with Gasteiger partial charge in [-0.15, -0.1) is 0 Å². The third-order valence-electron chi connectivity index (χ3n) is 2.70. The molecule has 0 heterocycles. The number of hydrogen-bond acceptors (Lipinski definition) is 2. The molecule has 0 unspecified atom stereocenters. The molecule has 2 nitrogen and oxygen atoms in total. The summed E-state index contributed by atoms with van der Waals surface area (Å²) in [6.45, 7) is 3.97. The Bertz CT molecular complexity index is 378. The summed E-state index contributed by atoms with van der Waals surface area (Å²) in [5.41, 5.74) is 0.782. The maximum Gasteiger partial charge on any atom is 0.163 e. The highest BCUT2D eigenvalue weighted by Gasteiger charge is 2.24. The normalized spacial score (nSPS) is 15.2. The van der Waals surface area contributed by atoms with Crippen LogP contribution in [0.25, 0.3) is 0 Å². The summed E-state index contributed by atoms with van der Waals surface area (Å²) in [4.78, 5) is 11.9. The Labute approximate surface area is 96.6 Å².